The maximum Gasteiger partial charge on any atom is 0.290 e. The normalized spacial score (nSPS) is 12.1. The number of aliphatic hydroxyl groups excluding tert-OH is 1. The van der Waals surface area contributed by atoms with Gasteiger partial charge in [0, 0.05) is 12.1 Å². The first-order valence-electron chi connectivity index (χ1n) is 5.61. The molecule has 1 heterocycles. The third kappa shape index (κ3) is 2.75. The summed E-state index contributed by atoms with van der Waals surface area (Å²) in [5.74, 6) is -0.199. The van der Waals surface area contributed by atoms with Gasteiger partial charge in [0.1, 0.15) is 0 Å². The molecule has 1 unspecified atom stereocenters. The first-order valence-corrected chi connectivity index (χ1v) is 5.61. The smallest absolute Gasteiger partial charge is 0.290 e. The Kier molecular flexibility index (Phi) is 3.74. The van der Waals surface area contributed by atoms with E-state index in [1.807, 2.05) is 18.2 Å². The second-order valence-electron chi connectivity index (χ2n) is 3.97. The topological polar surface area (TPSA) is 75.4 Å². The zero-order chi connectivity index (χ0) is 13.0. The van der Waals surface area contributed by atoms with E-state index in [0.29, 0.717) is 5.56 Å². The molecule has 0 saturated heterocycles. The Morgan fingerprint density at radius 2 is 2.17 bits per heavy atom. The Morgan fingerprint density at radius 3 is 2.78 bits per heavy atom. The van der Waals surface area contributed by atoms with Gasteiger partial charge in [0.2, 0.25) is 5.76 Å². The third-order valence-corrected chi connectivity index (χ3v) is 2.60. The minimum Gasteiger partial charge on any atom is -0.387 e. The van der Waals surface area contributed by atoms with Crippen LogP contribution in [0.15, 0.2) is 41.1 Å². The fourth-order valence-corrected chi connectivity index (χ4v) is 1.57. The van der Waals surface area contributed by atoms with Crippen LogP contribution in [0.5, 0.6) is 0 Å². The highest BCUT2D eigenvalue weighted by atomic mass is 16.5. The molecule has 2 rings (SSSR count). The van der Waals surface area contributed by atoms with Gasteiger partial charge in [-0.2, -0.15) is 0 Å². The van der Waals surface area contributed by atoms with Crippen LogP contribution in [0.1, 0.15) is 27.8 Å². The molecule has 5 nitrogen and oxygen atoms in total. The van der Waals surface area contributed by atoms with Crippen LogP contribution in [0.4, 0.5) is 0 Å². The van der Waals surface area contributed by atoms with Crippen molar-refractivity contribution < 1.29 is 14.4 Å². The standard InChI is InChI=1S/C13H14N2O3/c1-9-7-15-18-12(9)13(17)14-8-11(16)10-5-3-2-4-6-10/h2-7,11,16H,8H2,1H3,(H,14,17). The monoisotopic (exact) mass is 246 g/mol. The van der Waals surface area contributed by atoms with Crippen LogP contribution >= 0.6 is 0 Å². The van der Waals surface area contributed by atoms with E-state index in [-0.39, 0.29) is 18.2 Å². The molecule has 2 N–H and O–H groups in total. The van der Waals surface area contributed by atoms with Gasteiger partial charge in [-0.25, -0.2) is 0 Å². The number of hydrogen-bond acceptors (Lipinski definition) is 4. The molecule has 0 radical (unpaired) electrons. The molecule has 1 amide bonds. The number of benzene rings is 1. The molecule has 0 aliphatic carbocycles. The fraction of sp³-hybridized carbons (Fsp3) is 0.231. The van der Waals surface area contributed by atoms with E-state index < -0.39 is 6.10 Å². The highest BCUT2D eigenvalue weighted by Crippen LogP contribution is 2.11. The molecular weight excluding hydrogens is 232 g/mol. The number of aryl methyl sites for hydroxylation is 1. The summed E-state index contributed by atoms with van der Waals surface area (Å²) in [6.07, 6.45) is 0.737. The summed E-state index contributed by atoms with van der Waals surface area (Å²) in [6, 6.07) is 9.14. The quantitative estimate of drug-likeness (QED) is 0.856. The average Bonchev–Trinajstić information content (AvgIpc) is 2.83. The first-order chi connectivity index (χ1) is 8.68. The molecule has 2 aromatic rings. The number of nitrogens with zero attached hydrogens (tertiary/aromatic N) is 1. The van der Waals surface area contributed by atoms with Crippen LogP contribution < -0.4 is 5.32 Å². The molecule has 0 fully saturated rings. The number of carbonyl (C=O) groups excluding carboxylic acids is 1. The minimum absolute atomic E-state index is 0.128. The first kappa shape index (κ1) is 12.3. The maximum absolute atomic E-state index is 11.7. The van der Waals surface area contributed by atoms with Crippen LogP contribution in [0, 0.1) is 6.92 Å². The minimum atomic E-state index is -0.738. The fourth-order valence-electron chi connectivity index (χ4n) is 1.57. The van der Waals surface area contributed by atoms with E-state index in [2.05, 4.69) is 10.5 Å². The number of aliphatic hydroxyl groups is 1. The summed E-state index contributed by atoms with van der Waals surface area (Å²) in [4.78, 5) is 11.7. The predicted molar refractivity (Wildman–Crippen MR) is 65.0 cm³/mol. The molecule has 1 atom stereocenters. The lowest BCUT2D eigenvalue weighted by Crippen LogP contribution is -2.28. The van der Waals surface area contributed by atoms with Crippen molar-refractivity contribution in [2.45, 2.75) is 13.0 Å². The zero-order valence-electron chi connectivity index (χ0n) is 9.96. The molecule has 0 aliphatic heterocycles. The van der Waals surface area contributed by atoms with E-state index in [0.717, 1.165) is 5.56 Å². The summed E-state index contributed by atoms with van der Waals surface area (Å²) < 4.78 is 4.82. The van der Waals surface area contributed by atoms with Gasteiger partial charge in [-0.15, -0.1) is 0 Å². The summed E-state index contributed by atoms with van der Waals surface area (Å²) >= 11 is 0. The Hall–Kier alpha value is -2.14. The average molecular weight is 246 g/mol. The molecule has 0 aliphatic rings. The van der Waals surface area contributed by atoms with Gasteiger partial charge in [-0.05, 0) is 12.5 Å². The number of rotatable bonds is 4. The van der Waals surface area contributed by atoms with Gasteiger partial charge >= 0.3 is 0 Å². The van der Waals surface area contributed by atoms with Crippen molar-refractivity contribution in [2.24, 2.45) is 0 Å². The Morgan fingerprint density at radius 1 is 1.44 bits per heavy atom. The molecule has 5 heteroatoms. The Balaban J connectivity index is 1.93. The van der Waals surface area contributed by atoms with Crippen LogP contribution in [-0.4, -0.2) is 22.7 Å². The van der Waals surface area contributed by atoms with Gasteiger partial charge in [-0.1, -0.05) is 35.5 Å². The highest BCUT2D eigenvalue weighted by Gasteiger charge is 2.15. The lowest BCUT2D eigenvalue weighted by Gasteiger charge is -2.11. The van der Waals surface area contributed by atoms with Crippen molar-refractivity contribution in [3.8, 4) is 0 Å². The molecule has 18 heavy (non-hydrogen) atoms. The number of nitrogens with one attached hydrogen (secondary N) is 1. The maximum atomic E-state index is 11.7. The van der Waals surface area contributed by atoms with E-state index in [1.165, 1.54) is 6.20 Å². The SMILES string of the molecule is Cc1cnoc1C(=O)NCC(O)c1ccccc1. The molecule has 1 aromatic heterocycles. The van der Waals surface area contributed by atoms with Crippen molar-refractivity contribution in [3.05, 3.63) is 53.4 Å². The van der Waals surface area contributed by atoms with Crippen molar-refractivity contribution in [1.82, 2.24) is 10.5 Å². The predicted octanol–water partition coefficient (Wildman–Crippen LogP) is 1.45. The molecular formula is C13H14N2O3. The molecule has 94 valence electrons. The lowest BCUT2D eigenvalue weighted by molar-refractivity contribution is 0.0879. The van der Waals surface area contributed by atoms with E-state index in [4.69, 9.17) is 4.52 Å². The summed E-state index contributed by atoms with van der Waals surface area (Å²) in [6.45, 7) is 1.86. The molecule has 0 spiro atoms. The van der Waals surface area contributed by atoms with Crippen molar-refractivity contribution in [1.29, 1.82) is 0 Å². The van der Waals surface area contributed by atoms with Crippen LogP contribution in [0.2, 0.25) is 0 Å². The molecule has 1 aromatic carbocycles. The van der Waals surface area contributed by atoms with Gasteiger partial charge < -0.3 is 14.9 Å². The number of hydrogen-bond donors (Lipinski definition) is 2. The largest absolute Gasteiger partial charge is 0.387 e. The highest BCUT2D eigenvalue weighted by molar-refractivity contribution is 5.92. The lowest BCUT2D eigenvalue weighted by atomic mass is 10.1. The van der Waals surface area contributed by atoms with Crippen LogP contribution in [0.25, 0.3) is 0 Å². The van der Waals surface area contributed by atoms with Crippen molar-refractivity contribution in [3.63, 3.8) is 0 Å². The summed E-state index contributed by atoms with van der Waals surface area (Å²) in [5.41, 5.74) is 1.42. The Labute approximate surface area is 104 Å². The third-order valence-electron chi connectivity index (χ3n) is 2.60. The van der Waals surface area contributed by atoms with Crippen molar-refractivity contribution >= 4 is 5.91 Å². The van der Waals surface area contributed by atoms with Crippen LogP contribution in [-0.2, 0) is 0 Å². The zero-order valence-corrected chi connectivity index (χ0v) is 9.96. The van der Waals surface area contributed by atoms with E-state index >= 15 is 0 Å². The second kappa shape index (κ2) is 5.46. The second-order valence-corrected chi connectivity index (χ2v) is 3.97. The van der Waals surface area contributed by atoms with E-state index in [1.54, 1.807) is 19.1 Å². The number of carbonyl (C=O) groups is 1. The van der Waals surface area contributed by atoms with Gasteiger partial charge in [0.25, 0.3) is 5.91 Å². The van der Waals surface area contributed by atoms with Gasteiger partial charge in [0.05, 0.1) is 12.3 Å². The number of aromatic nitrogens is 1. The molecule has 0 saturated carbocycles. The van der Waals surface area contributed by atoms with E-state index in [9.17, 15) is 9.90 Å². The van der Waals surface area contributed by atoms with Crippen LogP contribution in [0.3, 0.4) is 0 Å². The Bertz CT molecular complexity index is 522. The summed E-state index contributed by atoms with van der Waals surface area (Å²) in [7, 11) is 0. The summed E-state index contributed by atoms with van der Waals surface area (Å²) in [5, 5.41) is 16.0. The van der Waals surface area contributed by atoms with Gasteiger partial charge in [0.15, 0.2) is 0 Å². The van der Waals surface area contributed by atoms with Crippen molar-refractivity contribution in [2.75, 3.05) is 6.54 Å². The van der Waals surface area contributed by atoms with Gasteiger partial charge in [-0.3, -0.25) is 4.79 Å². The number of amides is 1. The molecule has 0 bridgehead atoms.